The molecule has 0 bridgehead atoms. The maximum atomic E-state index is 12.9. The van der Waals surface area contributed by atoms with Crippen LogP contribution in [0.2, 0.25) is 0 Å². The third-order valence-corrected chi connectivity index (χ3v) is 5.58. The molecule has 2 fully saturated rings. The third kappa shape index (κ3) is 3.97. The first-order chi connectivity index (χ1) is 14.0. The molecule has 0 spiro atoms. The zero-order valence-electron chi connectivity index (χ0n) is 15.9. The molecule has 8 nitrogen and oxygen atoms in total. The Kier molecular flexibility index (Phi) is 5.26. The number of hydrogen-bond donors (Lipinski definition) is 0. The highest BCUT2D eigenvalue weighted by Gasteiger charge is 2.42. The van der Waals surface area contributed by atoms with E-state index in [0.29, 0.717) is 32.7 Å². The van der Waals surface area contributed by atoms with E-state index < -0.39 is 11.0 Å². The number of nitrogens with zero attached hydrogens (tertiary/aromatic N) is 4. The van der Waals surface area contributed by atoms with Crippen LogP contribution in [0, 0.1) is 10.1 Å². The van der Waals surface area contributed by atoms with Crippen molar-refractivity contribution in [2.75, 3.05) is 31.1 Å². The number of benzene rings is 2. The predicted molar refractivity (Wildman–Crippen MR) is 107 cm³/mol. The maximum Gasteiger partial charge on any atom is 0.269 e. The molecule has 2 heterocycles. The Morgan fingerprint density at radius 1 is 0.931 bits per heavy atom. The van der Waals surface area contributed by atoms with Crippen molar-refractivity contribution in [3.8, 4) is 0 Å². The van der Waals surface area contributed by atoms with Gasteiger partial charge >= 0.3 is 0 Å². The number of likely N-dealkylation sites (tertiary alicyclic amines) is 1. The zero-order valence-corrected chi connectivity index (χ0v) is 15.9. The average Bonchev–Trinajstić information content (AvgIpc) is 3.03. The van der Waals surface area contributed by atoms with Crippen LogP contribution in [0.15, 0.2) is 54.6 Å². The summed E-state index contributed by atoms with van der Waals surface area (Å²) in [7, 11) is 0. The average molecular weight is 394 g/mol. The number of anilines is 1. The Morgan fingerprint density at radius 3 is 2.21 bits per heavy atom. The van der Waals surface area contributed by atoms with Crippen LogP contribution in [0.3, 0.4) is 0 Å². The lowest BCUT2D eigenvalue weighted by Gasteiger charge is -2.38. The Bertz CT molecular complexity index is 908. The molecule has 1 atom stereocenters. The van der Waals surface area contributed by atoms with Gasteiger partial charge in [0.2, 0.25) is 11.8 Å². The van der Waals surface area contributed by atoms with Gasteiger partial charge in [0.15, 0.2) is 0 Å². The molecule has 2 amide bonds. The van der Waals surface area contributed by atoms with Crippen molar-refractivity contribution in [2.24, 2.45) is 0 Å². The first-order valence-electron chi connectivity index (χ1n) is 9.64. The topological polar surface area (TPSA) is 87.0 Å². The number of nitro benzene ring substituents is 1. The minimum atomic E-state index is -0.411. The fourth-order valence-corrected chi connectivity index (χ4v) is 3.96. The Morgan fingerprint density at radius 2 is 1.59 bits per heavy atom. The van der Waals surface area contributed by atoms with Crippen molar-refractivity contribution < 1.29 is 14.5 Å². The van der Waals surface area contributed by atoms with Crippen LogP contribution in [0.1, 0.15) is 12.0 Å². The molecule has 8 heteroatoms. The van der Waals surface area contributed by atoms with Crippen LogP contribution in [-0.2, 0) is 16.1 Å². The number of amides is 2. The van der Waals surface area contributed by atoms with Gasteiger partial charge in [0.05, 0.1) is 23.9 Å². The summed E-state index contributed by atoms with van der Waals surface area (Å²) in [5.74, 6) is -0.246. The van der Waals surface area contributed by atoms with Crippen LogP contribution < -0.4 is 4.90 Å². The van der Waals surface area contributed by atoms with E-state index in [1.165, 1.54) is 17.0 Å². The van der Waals surface area contributed by atoms with E-state index in [4.69, 9.17) is 0 Å². The van der Waals surface area contributed by atoms with Gasteiger partial charge < -0.3 is 4.90 Å². The zero-order chi connectivity index (χ0) is 20.4. The molecule has 2 saturated heterocycles. The Labute approximate surface area is 168 Å². The van der Waals surface area contributed by atoms with Crippen molar-refractivity contribution in [3.63, 3.8) is 0 Å². The molecule has 2 aromatic carbocycles. The van der Waals surface area contributed by atoms with Crippen molar-refractivity contribution in [3.05, 3.63) is 70.3 Å². The fourth-order valence-electron chi connectivity index (χ4n) is 3.96. The van der Waals surface area contributed by atoms with Crippen LogP contribution in [0.5, 0.6) is 0 Å². The molecular formula is C21H22N4O4. The van der Waals surface area contributed by atoms with Crippen molar-refractivity contribution in [2.45, 2.75) is 19.0 Å². The molecule has 4 rings (SSSR count). The van der Waals surface area contributed by atoms with Crippen LogP contribution in [0.4, 0.5) is 11.4 Å². The molecule has 0 saturated carbocycles. The third-order valence-electron chi connectivity index (χ3n) is 5.58. The summed E-state index contributed by atoms with van der Waals surface area (Å²) >= 11 is 0. The molecule has 0 aromatic heterocycles. The SMILES string of the molecule is O=C1C[C@@H](N2CCN(c3ccc([N+](=O)[O-])cc3)CC2)C(=O)N1Cc1ccccc1. The molecule has 2 aromatic rings. The highest BCUT2D eigenvalue weighted by molar-refractivity contribution is 6.05. The van der Waals surface area contributed by atoms with E-state index in [0.717, 1.165) is 11.3 Å². The molecule has 2 aliphatic heterocycles. The monoisotopic (exact) mass is 394 g/mol. The summed E-state index contributed by atoms with van der Waals surface area (Å²) in [4.78, 5) is 41.3. The second-order valence-corrected chi connectivity index (χ2v) is 7.32. The van der Waals surface area contributed by atoms with Crippen LogP contribution in [-0.4, -0.2) is 58.8 Å². The Balaban J connectivity index is 1.36. The number of nitro groups is 1. The van der Waals surface area contributed by atoms with E-state index in [-0.39, 0.29) is 23.9 Å². The van der Waals surface area contributed by atoms with E-state index in [2.05, 4.69) is 9.80 Å². The molecule has 2 aliphatic rings. The molecular weight excluding hydrogens is 372 g/mol. The quantitative estimate of drug-likeness (QED) is 0.438. The van der Waals surface area contributed by atoms with Gasteiger partial charge in [0.1, 0.15) is 0 Å². The first kappa shape index (κ1) is 19.1. The maximum absolute atomic E-state index is 12.9. The van der Waals surface area contributed by atoms with Crippen molar-refractivity contribution >= 4 is 23.2 Å². The summed E-state index contributed by atoms with van der Waals surface area (Å²) in [6.45, 7) is 3.06. The van der Waals surface area contributed by atoms with Gasteiger partial charge in [-0.15, -0.1) is 0 Å². The number of carbonyl (C=O) groups is 2. The number of imide groups is 1. The minimum Gasteiger partial charge on any atom is -0.369 e. The minimum absolute atomic E-state index is 0.0703. The summed E-state index contributed by atoms with van der Waals surface area (Å²) in [5, 5.41) is 10.8. The van der Waals surface area contributed by atoms with Crippen LogP contribution >= 0.6 is 0 Å². The van der Waals surface area contributed by atoms with Gasteiger partial charge in [-0.05, 0) is 17.7 Å². The molecule has 0 aliphatic carbocycles. The summed E-state index contributed by atoms with van der Waals surface area (Å²) < 4.78 is 0. The van der Waals surface area contributed by atoms with Crippen molar-refractivity contribution in [1.82, 2.24) is 9.80 Å². The van der Waals surface area contributed by atoms with Crippen LogP contribution in [0.25, 0.3) is 0 Å². The fraction of sp³-hybridized carbons (Fsp3) is 0.333. The largest absolute Gasteiger partial charge is 0.369 e. The van der Waals surface area contributed by atoms with Gasteiger partial charge in [0, 0.05) is 44.0 Å². The van der Waals surface area contributed by atoms with E-state index in [1.54, 1.807) is 12.1 Å². The molecule has 150 valence electrons. The summed E-state index contributed by atoms with van der Waals surface area (Å²) in [6.07, 6.45) is 0.225. The standard InChI is InChI=1S/C21H22N4O4/c26-20-14-19(21(27)24(20)15-16-4-2-1-3-5-16)23-12-10-22(11-13-23)17-6-8-18(9-7-17)25(28)29/h1-9,19H,10-15H2/t19-/m1/s1. The second-order valence-electron chi connectivity index (χ2n) is 7.32. The Hall–Kier alpha value is -3.26. The number of rotatable bonds is 5. The number of hydrogen-bond acceptors (Lipinski definition) is 6. The molecule has 0 unspecified atom stereocenters. The van der Waals surface area contributed by atoms with E-state index >= 15 is 0 Å². The van der Waals surface area contributed by atoms with Gasteiger partial charge in [-0.1, -0.05) is 30.3 Å². The van der Waals surface area contributed by atoms with Gasteiger partial charge in [0.25, 0.3) is 5.69 Å². The predicted octanol–water partition coefficient (Wildman–Crippen LogP) is 2.04. The molecule has 29 heavy (non-hydrogen) atoms. The highest BCUT2D eigenvalue weighted by atomic mass is 16.6. The summed E-state index contributed by atoms with van der Waals surface area (Å²) in [6, 6.07) is 15.6. The first-order valence-corrected chi connectivity index (χ1v) is 9.64. The van der Waals surface area contributed by atoms with Crippen molar-refractivity contribution in [1.29, 1.82) is 0 Å². The molecule has 0 radical (unpaired) electrons. The lowest BCUT2D eigenvalue weighted by Crippen LogP contribution is -2.52. The molecule has 0 N–H and O–H groups in total. The number of piperazine rings is 1. The smallest absolute Gasteiger partial charge is 0.269 e. The lowest BCUT2D eigenvalue weighted by atomic mass is 10.1. The normalized spacial score (nSPS) is 20.3. The highest BCUT2D eigenvalue weighted by Crippen LogP contribution is 2.25. The van der Waals surface area contributed by atoms with Gasteiger partial charge in [-0.25, -0.2) is 0 Å². The lowest BCUT2D eigenvalue weighted by molar-refractivity contribution is -0.384. The van der Waals surface area contributed by atoms with E-state index in [9.17, 15) is 19.7 Å². The number of non-ortho nitro benzene ring substituents is 1. The summed E-state index contributed by atoms with van der Waals surface area (Å²) in [5.41, 5.74) is 1.94. The second kappa shape index (κ2) is 8.00. The van der Waals surface area contributed by atoms with Gasteiger partial charge in [-0.3, -0.25) is 29.5 Å². The van der Waals surface area contributed by atoms with E-state index in [1.807, 2.05) is 30.3 Å². The number of carbonyl (C=O) groups excluding carboxylic acids is 2. The van der Waals surface area contributed by atoms with Gasteiger partial charge in [-0.2, -0.15) is 0 Å².